The Bertz CT molecular complexity index is 253. The molecule has 14 heavy (non-hydrogen) atoms. The number of hydrogen-bond acceptors (Lipinski definition) is 3. The van der Waals surface area contributed by atoms with Crippen LogP contribution in [0, 0.1) is 5.41 Å². The molecule has 0 aliphatic carbocycles. The third-order valence-electron chi connectivity index (χ3n) is 2.45. The molecule has 5 heteroatoms. The number of rotatable bonds is 4. The fraction of sp³-hybridized carbons (Fsp3) is 0.778. The van der Waals surface area contributed by atoms with Gasteiger partial charge in [-0.3, -0.25) is 4.79 Å². The molecule has 0 aromatic heterocycles. The topological polar surface area (TPSA) is 75.6 Å². The smallest absolute Gasteiger partial charge is 0.326 e. The maximum Gasteiger partial charge on any atom is 0.326 e. The van der Waals surface area contributed by atoms with Crippen molar-refractivity contribution in [1.29, 1.82) is 0 Å². The van der Waals surface area contributed by atoms with Crippen LogP contribution in [0.15, 0.2) is 0 Å². The highest BCUT2D eigenvalue weighted by Crippen LogP contribution is 2.31. The first-order valence-electron chi connectivity index (χ1n) is 4.59. The standard InChI is InChI=1S/C9H15NO4/c1-3-14-5-9(2)4-6(11)10-7(9)8(12)13/h7H,3-5H2,1-2H3,(H,10,11)(H,12,13). The Balaban J connectivity index is 2.72. The van der Waals surface area contributed by atoms with E-state index in [0.717, 1.165) is 0 Å². The minimum Gasteiger partial charge on any atom is -0.480 e. The van der Waals surface area contributed by atoms with E-state index in [4.69, 9.17) is 9.84 Å². The molecule has 2 atom stereocenters. The summed E-state index contributed by atoms with van der Waals surface area (Å²) in [7, 11) is 0. The number of nitrogens with one attached hydrogen (secondary N) is 1. The maximum atomic E-state index is 11.1. The lowest BCUT2D eigenvalue weighted by molar-refractivity contribution is -0.143. The largest absolute Gasteiger partial charge is 0.480 e. The van der Waals surface area contributed by atoms with Crippen molar-refractivity contribution in [2.75, 3.05) is 13.2 Å². The number of aliphatic carboxylic acids is 1. The van der Waals surface area contributed by atoms with Gasteiger partial charge in [0.15, 0.2) is 0 Å². The second-order valence-corrected chi connectivity index (χ2v) is 3.81. The minimum absolute atomic E-state index is 0.212. The first-order valence-corrected chi connectivity index (χ1v) is 4.59. The van der Waals surface area contributed by atoms with Gasteiger partial charge >= 0.3 is 5.97 Å². The van der Waals surface area contributed by atoms with Crippen LogP contribution in [0.5, 0.6) is 0 Å². The summed E-state index contributed by atoms with van der Waals surface area (Å²) in [4.78, 5) is 22.0. The molecule has 1 amide bonds. The van der Waals surface area contributed by atoms with Gasteiger partial charge in [-0.1, -0.05) is 6.92 Å². The van der Waals surface area contributed by atoms with Gasteiger partial charge in [0.05, 0.1) is 6.61 Å². The Kier molecular flexibility index (Phi) is 3.10. The Morgan fingerprint density at radius 1 is 1.79 bits per heavy atom. The van der Waals surface area contributed by atoms with Crippen molar-refractivity contribution < 1.29 is 19.4 Å². The first kappa shape index (κ1) is 11.0. The van der Waals surface area contributed by atoms with Gasteiger partial charge in [0.2, 0.25) is 5.91 Å². The summed E-state index contributed by atoms with van der Waals surface area (Å²) >= 11 is 0. The van der Waals surface area contributed by atoms with E-state index in [2.05, 4.69) is 5.32 Å². The summed E-state index contributed by atoms with van der Waals surface area (Å²) in [6, 6.07) is -0.832. The number of ether oxygens (including phenoxy) is 1. The third kappa shape index (κ3) is 2.04. The molecule has 0 bridgehead atoms. The van der Waals surface area contributed by atoms with E-state index in [9.17, 15) is 9.59 Å². The normalized spacial score (nSPS) is 31.6. The Morgan fingerprint density at radius 3 is 2.93 bits per heavy atom. The highest BCUT2D eigenvalue weighted by atomic mass is 16.5. The number of hydrogen-bond donors (Lipinski definition) is 2. The molecule has 0 radical (unpaired) electrons. The quantitative estimate of drug-likeness (QED) is 0.671. The summed E-state index contributed by atoms with van der Waals surface area (Å²) in [5, 5.41) is 11.3. The molecule has 1 saturated heterocycles. The number of carboxylic acids is 1. The second kappa shape index (κ2) is 3.96. The second-order valence-electron chi connectivity index (χ2n) is 3.81. The number of carboxylic acid groups (broad SMARTS) is 1. The number of amides is 1. The van der Waals surface area contributed by atoms with Crippen LogP contribution in [0.25, 0.3) is 0 Å². The zero-order chi connectivity index (χ0) is 10.8. The molecule has 2 N–H and O–H groups in total. The van der Waals surface area contributed by atoms with Crippen LogP contribution in [0.4, 0.5) is 0 Å². The molecule has 1 aliphatic heterocycles. The van der Waals surface area contributed by atoms with Crippen LogP contribution < -0.4 is 5.32 Å². The minimum atomic E-state index is -1.00. The molecule has 0 aromatic carbocycles. The van der Waals surface area contributed by atoms with Crippen LogP contribution in [-0.2, 0) is 14.3 Å². The van der Waals surface area contributed by atoms with E-state index >= 15 is 0 Å². The SMILES string of the molecule is CCOCC1(C)CC(=O)NC1C(=O)O. The summed E-state index contributed by atoms with van der Waals surface area (Å²) < 4.78 is 5.19. The molecule has 2 unspecified atom stereocenters. The molecule has 80 valence electrons. The van der Waals surface area contributed by atoms with Crippen molar-refractivity contribution >= 4 is 11.9 Å². The van der Waals surface area contributed by atoms with E-state index in [1.807, 2.05) is 6.92 Å². The van der Waals surface area contributed by atoms with E-state index in [1.165, 1.54) is 0 Å². The third-order valence-corrected chi connectivity index (χ3v) is 2.45. The predicted octanol–water partition coefficient (Wildman–Crippen LogP) is 0.00230. The van der Waals surface area contributed by atoms with Crippen molar-refractivity contribution in [3.63, 3.8) is 0 Å². The fourth-order valence-corrected chi connectivity index (χ4v) is 1.68. The molecule has 1 aliphatic rings. The van der Waals surface area contributed by atoms with Crippen molar-refractivity contribution in [1.82, 2.24) is 5.32 Å². The molecule has 1 rings (SSSR count). The predicted molar refractivity (Wildman–Crippen MR) is 48.8 cm³/mol. The molecule has 1 fully saturated rings. The molecule has 1 heterocycles. The molecule has 0 aromatic rings. The van der Waals surface area contributed by atoms with Crippen LogP contribution in [0.2, 0.25) is 0 Å². The van der Waals surface area contributed by atoms with Gasteiger partial charge in [-0.05, 0) is 6.92 Å². The van der Waals surface area contributed by atoms with Gasteiger partial charge in [-0.15, -0.1) is 0 Å². The summed E-state index contributed by atoms with van der Waals surface area (Å²) in [6.45, 7) is 4.40. The molecular weight excluding hydrogens is 186 g/mol. The Hall–Kier alpha value is -1.10. The number of carbonyl (C=O) groups is 2. The van der Waals surface area contributed by atoms with Gasteiger partial charge < -0.3 is 15.2 Å². The zero-order valence-electron chi connectivity index (χ0n) is 8.37. The van der Waals surface area contributed by atoms with Gasteiger partial charge in [-0.2, -0.15) is 0 Å². The van der Waals surface area contributed by atoms with E-state index in [0.29, 0.717) is 13.2 Å². The summed E-state index contributed by atoms with van der Waals surface area (Å²) in [5.41, 5.74) is -0.626. The van der Waals surface area contributed by atoms with E-state index in [-0.39, 0.29) is 12.3 Å². The van der Waals surface area contributed by atoms with Gasteiger partial charge in [0, 0.05) is 18.4 Å². The van der Waals surface area contributed by atoms with E-state index in [1.54, 1.807) is 6.92 Å². The average molecular weight is 201 g/mol. The van der Waals surface area contributed by atoms with Crippen LogP contribution in [0.1, 0.15) is 20.3 Å². The Morgan fingerprint density at radius 2 is 2.43 bits per heavy atom. The molecular formula is C9H15NO4. The summed E-state index contributed by atoms with van der Waals surface area (Å²) in [5.74, 6) is -1.22. The van der Waals surface area contributed by atoms with E-state index < -0.39 is 17.4 Å². The van der Waals surface area contributed by atoms with Gasteiger partial charge in [0.1, 0.15) is 6.04 Å². The molecule has 0 spiro atoms. The highest BCUT2D eigenvalue weighted by molar-refractivity contribution is 5.89. The van der Waals surface area contributed by atoms with Crippen LogP contribution in [0.3, 0.4) is 0 Å². The average Bonchev–Trinajstić information content (AvgIpc) is 2.39. The monoisotopic (exact) mass is 201 g/mol. The fourth-order valence-electron chi connectivity index (χ4n) is 1.68. The highest BCUT2D eigenvalue weighted by Gasteiger charge is 2.47. The maximum absolute atomic E-state index is 11.1. The number of carbonyl (C=O) groups excluding carboxylic acids is 1. The van der Waals surface area contributed by atoms with Crippen molar-refractivity contribution in [3.8, 4) is 0 Å². The first-order chi connectivity index (χ1) is 6.49. The lowest BCUT2D eigenvalue weighted by atomic mass is 9.83. The van der Waals surface area contributed by atoms with Crippen LogP contribution >= 0.6 is 0 Å². The zero-order valence-corrected chi connectivity index (χ0v) is 8.37. The van der Waals surface area contributed by atoms with Gasteiger partial charge in [-0.25, -0.2) is 4.79 Å². The van der Waals surface area contributed by atoms with Crippen LogP contribution in [-0.4, -0.2) is 36.2 Å². The lowest BCUT2D eigenvalue weighted by Gasteiger charge is -2.26. The molecule has 0 saturated carbocycles. The Labute approximate surface area is 82.4 Å². The van der Waals surface area contributed by atoms with Crippen molar-refractivity contribution in [2.45, 2.75) is 26.3 Å². The lowest BCUT2D eigenvalue weighted by Crippen LogP contribution is -2.44. The molecule has 5 nitrogen and oxygen atoms in total. The summed E-state index contributed by atoms with van der Waals surface area (Å²) in [6.07, 6.45) is 0.212. The van der Waals surface area contributed by atoms with Crippen molar-refractivity contribution in [2.24, 2.45) is 5.41 Å². The van der Waals surface area contributed by atoms with Crippen molar-refractivity contribution in [3.05, 3.63) is 0 Å². The van der Waals surface area contributed by atoms with Gasteiger partial charge in [0.25, 0.3) is 0 Å².